The van der Waals surface area contributed by atoms with E-state index in [9.17, 15) is 0 Å². The molecule has 1 N–H and O–H groups in total. The third kappa shape index (κ3) is 3.47. The molecule has 2 fully saturated rings. The molecule has 3 atom stereocenters. The molecular formula is C18H28N2O. The molecule has 1 aromatic rings. The number of hydrogen-bond acceptors (Lipinski definition) is 3. The van der Waals surface area contributed by atoms with Crippen molar-refractivity contribution in [2.45, 2.75) is 50.8 Å². The highest BCUT2D eigenvalue weighted by molar-refractivity contribution is 5.24. The summed E-state index contributed by atoms with van der Waals surface area (Å²) >= 11 is 0. The summed E-state index contributed by atoms with van der Waals surface area (Å²) in [5, 5.41) is 3.78. The predicted molar refractivity (Wildman–Crippen MR) is 86.4 cm³/mol. The maximum Gasteiger partial charge on any atom is 0.0561 e. The molecule has 0 bridgehead atoms. The SMILES string of the molecule is CC1CC(N2CCCNC(C)(c3ccccc3)C2)CCO1. The number of nitrogens with zero attached hydrogens (tertiary/aromatic N) is 1. The van der Waals surface area contributed by atoms with Gasteiger partial charge in [0.2, 0.25) is 0 Å². The molecule has 3 nitrogen and oxygen atoms in total. The molecule has 3 unspecified atom stereocenters. The third-order valence-corrected chi connectivity index (χ3v) is 5.04. The van der Waals surface area contributed by atoms with Crippen LogP contribution < -0.4 is 5.32 Å². The van der Waals surface area contributed by atoms with E-state index in [2.05, 4.69) is 54.4 Å². The third-order valence-electron chi connectivity index (χ3n) is 5.04. The highest BCUT2D eigenvalue weighted by Gasteiger charge is 2.34. The Kier molecular flexibility index (Phi) is 4.63. The second-order valence-electron chi connectivity index (χ2n) is 6.81. The first-order valence-electron chi connectivity index (χ1n) is 8.33. The zero-order chi connectivity index (χ0) is 14.7. The first-order valence-corrected chi connectivity index (χ1v) is 8.33. The Balaban J connectivity index is 1.77. The average molecular weight is 288 g/mol. The van der Waals surface area contributed by atoms with Crippen LogP contribution in [0.15, 0.2) is 30.3 Å². The number of nitrogens with one attached hydrogen (secondary N) is 1. The van der Waals surface area contributed by atoms with Crippen LogP contribution in [0.5, 0.6) is 0 Å². The van der Waals surface area contributed by atoms with Gasteiger partial charge in [-0.05, 0) is 51.8 Å². The van der Waals surface area contributed by atoms with Gasteiger partial charge in [0, 0.05) is 19.2 Å². The van der Waals surface area contributed by atoms with Gasteiger partial charge in [-0.1, -0.05) is 30.3 Å². The van der Waals surface area contributed by atoms with Crippen molar-refractivity contribution in [2.24, 2.45) is 0 Å². The Labute approximate surface area is 128 Å². The van der Waals surface area contributed by atoms with Crippen LogP contribution in [0.3, 0.4) is 0 Å². The summed E-state index contributed by atoms with van der Waals surface area (Å²) in [6, 6.07) is 11.6. The maximum absolute atomic E-state index is 5.72. The molecule has 2 aliphatic heterocycles. The van der Waals surface area contributed by atoms with Crippen molar-refractivity contribution in [3.05, 3.63) is 35.9 Å². The second-order valence-corrected chi connectivity index (χ2v) is 6.81. The van der Waals surface area contributed by atoms with E-state index in [4.69, 9.17) is 4.74 Å². The number of benzene rings is 1. The predicted octanol–water partition coefficient (Wildman–Crippen LogP) is 2.76. The number of hydrogen-bond donors (Lipinski definition) is 1. The normalized spacial score (nSPS) is 35.3. The summed E-state index contributed by atoms with van der Waals surface area (Å²) in [6.07, 6.45) is 3.98. The topological polar surface area (TPSA) is 24.5 Å². The van der Waals surface area contributed by atoms with Gasteiger partial charge in [-0.25, -0.2) is 0 Å². The van der Waals surface area contributed by atoms with Gasteiger partial charge in [-0.3, -0.25) is 4.90 Å². The van der Waals surface area contributed by atoms with Crippen LogP contribution in [0.25, 0.3) is 0 Å². The van der Waals surface area contributed by atoms with E-state index in [0.29, 0.717) is 12.1 Å². The zero-order valence-electron chi connectivity index (χ0n) is 13.3. The Bertz CT molecular complexity index is 450. The van der Waals surface area contributed by atoms with Gasteiger partial charge in [0.1, 0.15) is 0 Å². The molecule has 0 radical (unpaired) electrons. The zero-order valence-corrected chi connectivity index (χ0v) is 13.3. The van der Waals surface area contributed by atoms with Crippen LogP contribution in [-0.2, 0) is 10.3 Å². The fourth-order valence-corrected chi connectivity index (χ4v) is 3.80. The lowest BCUT2D eigenvalue weighted by molar-refractivity contribution is -0.0206. The smallest absolute Gasteiger partial charge is 0.0561 e. The van der Waals surface area contributed by atoms with Gasteiger partial charge in [-0.2, -0.15) is 0 Å². The minimum Gasteiger partial charge on any atom is -0.378 e. The summed E-state index contributed by atoms with van der Waals surface area (Å²) in [7, 11) is 0. The van der Waals surface area contributed by atoms with E-state index in [1.807, 2.05) is 0 Å². The standard InChI is InChI=1S/C18H28N2O/c1-15-13-17(9-12-21-15)20-11-6-10-19-18(2,14-20)16-7-4-3-5-8-16/h3-5,7-8,15,17,19H,6,9-14H2,1-2H3. The first kappa shape index (κ1) is 15.0. The Morgan fingerprint density at radius 3 is 2.86 bits per heavy atom. The van der Waals surface area contributed by atoms with Crippen LogP contribution >= 0.6 is 0 Å². The molecule has 2 saturated heterocycles. The lowest BCUT2D eigenvalue weighted by atomic mass is 9.90. The van der Waals surface area contributed by atoms with Crippen LogP contribution in [0.1, 0.15) is 38.7 Å². The van der Waals surface area contributed by atoms with Crippen molar-refractivity contribution in [2.75, 3.05) is 26.2 Å². The molecule has 0 aromatic heterocycles. The van der Waals surface area contributed by atoms with E-state index in [1.54, 1.807) is 0 Å². The van der Waals surface area contributed by atoms with Crippen LogP contribution in [0, 0.1) is 0 Å². The monoisotopic (exact) mass is 288 g/mol. The molecule has 1 aromatic carbocycles. The van der Waals surface area contributed by atoms with E-state index in [0.717, 1.165) is 19.7 Å². The van der Waals surface area contributed by atoms with Crippen molar-refractivity contribution >= 4 is 0 Å². The molecule has 0 spiro atoms. The molecule has 21 heavy (non-hydrogen) atoms. The summed E-state index contributed by atoms with van der Waals surface area (Å²) in [6.45, 7) is 8.86. The van der Waals surface area contributed by atoms with Gasteiger partial charge in [0.05, 0.1) is 11.6 Å². The van der Waals surface area contributed by atoms with Crippen molar-refractivity contribution in [3.8, 4) is 0 Å². The number of ether oxygens (including phenoxy) is 1. The quantitative estimate of drug-likeness (QED) is 0.905. The van der Waals surface area contributed by atoms with Gasteiger partial charge in [0.15, 0.2) is 0 Å². The lowest BCUT2D eigenvalue weighted by Crippen LogP contribution is -2.50. The fraction of sp³-hybridized carbons (Fsp3) is 0.667. The van der Waals surface area contributed by atoms with Gasteiger partial charge in [-0.15, -0.1) is 0 Å². The highest BCUT2D eigenvalue weighted by Crippen LogP contribution is 2.28. The number of rotatable bonds is 2. The van der Waals surface area contributed by atoms with E-state index < -0.39 is 0 Å². The van der Waals surface area contributed by atoms with E-state index in [-0.39, 0.29) is 5.54 Å². The summed E-state index contributed by atoms with van der Waals surface area (Å²) in [5.74, 6) is 0. The summed E-state index contributed by atoms with van der Waals surface area (Å²) < 4.78 is 5.72. The molecule has 2 aliphatic rings. The molecule has 3 rings (SSSR count). The van der Waals surface area contributed by atoms with Crippen LogP contribution in [0.4, 0.5) is 0 Å². The highest BCUT2D eigenvalue weighted by atomic mass is 16.5. The lowest BCUT2D eigenvalue weighted by Gasteiger charge is -2.40. The van der Waals surface area contributed by atoms with Crippen LogP contribution in [0.2, 0.25) is 0 Å². The molecule has 2 heterocycles. The largest absolute Gasteiger partial charge is 0.378 e. The average Bonchev–Trinajstić information content (AvgIpc) is 2.71. The van der Waals surface area contributed by atoms with Gasteiger partial charge in [0.25, 0.3) is 0 Å². The minimum absolute atomic E-state index is 0.0549. The molecule has 3 heteroatoms. The Morgan fingerprint density at radius 1 is 1.29 bits per heavy atom. The molecule has 0 amide bonds. The van der Waals surface area contributed by atoms with E-state index in [1.165, 1.54) is 31.4 Å². The van der Waals surface area contributed by atoms with Gasteiger partial charge < -0.3 is 10.1 Å². The first-order chi connectivity index (χ1) is 10.2. The van der Waals surface area contributed by atoms with Crippen molar-refractivity contribution < 1.29 is 4.74 Å². The second kappa shape index (κ2) is 6.47. The molecule has 116 valence electrons. The van der Waals surface area contributed by atoms with Crippen molar-refractivity contribution in [1.82, 2.24) is 10.2 Å². The van der Waals surface area contributed by atoms with Crippen molar-refractivity contribution in [1.29, 1.82) is 0 Å². The maximum atomic E-state index is 5.72. The fourth-order valence-electron chi connectivity index (χ4n) is 3.80. The van der Waals surface area contributed by atoms with Crippen LogP contribution in [-0.4, -0.2) is 43.3 Å². The molecular weight excluding hydrogens is 260 g/mol. The van der Waals surface area contributed by atoms with Crippen molar-refractivity contribution in [3.63, 3.8) is 0 Å². The molecule has 0 aliphatic carbocycles. The Hall–Kier alpha value is -0.900. The van der Waals surface area contributed by atoms with E-state index >= 15 is 0 Å². The van der Waals surface area contributed by atoms with Gasteiger partial charge >= 0.3 is 0 Å². The Morgan fingerprint density at radius 2 is 2.10 bits per heavy atom. The summed E-state index contributed by atoms with van der Waals surface area (Å²) in [5.41, 5.74) is 1.45. The minimum atomic E-state index is 0.0549. The summed E-state index contributed by atoms with van der Waals surface area (Å²) in [4.78, 5) is 2.70. The molecule has 0 saturated carbocycles.